The number of aliphatic carboxylic acids is 1. The van der Waals surface area contributed by atoms with Gasteiger partial charge in [-0.25, -0.2) is 4.79 Å². The summed E-state index contributed by atoms with van der Waals surface area (Å²) in [5, 5.41) is 9.13. The van der Waals surface area contributed by atoms with Gasteiger partial charge in [-0.05, 0) is 36.2 Å². The molecule has 0 bridgehead atoms. The number of aryl methyl sites for hydroxylation is 1. The molecule has 0 amide bonds. The Balaban J connectivity index is 1.54. The Hall–Kier alpha value is -3.27. The number of likely N-dealkylation sites (N-methyl/N-ethyl adjacent to an activating group) is 1. The van der Waals surface area contributed by atoms with Gasteiger partial charge in [0, 0.05) is 13.5 Å². The summed E-state index contributed by atoms with van der Waals surface area (Å²) in [5.74, 6) is -0.864. The van der Waals surface area contributed by atoms with Gasteiger partial charge < -0.3 is 23.9 Å². The molecular weight excluding hydrogens is 429 g/mol. The van der Waals surface area contributed by atoms with Crippen molar-refractivity contribution in [1.29, 1.82) is 0 Å². The van der Waals surface area contributed by atoms with Crippen molar-refractivity contribution in [2.45, 2.75) is 25.6 Å². The van der Waals surface area contributed by atoms with Crippen LogP contribution in [0.15, 0.2) is 46.9 Å². The number of nitrogens with zero attached hydrogens (tertiary/aromatic N) is 2. The molecule has 10 heteroatoms. The van der Waals surface area contributed by atoms with Crippen molar-refractivity contribution in [2.75, 3.05) is 31.7 Å². The van der Waals surface area contributed by atoms with Gasteiger partial charge in [0.2, 0.25) is 0 Å². The van der Waals surface area contributed by atoms with Crippen LogP contribution in [0, 0.1) is 6.92 Å². The molecule has 0 aliphatic rings. The average molecular weight is 452 g/mol. The number of oxazole rings is 1. The van der Waals surface area contributed by atoms with Gasteiger partial charge in [0.1, 0.15) is 24.5 Å². The lowest BCUT2D eigenvalue weighted by Crippen LogP contribution is -2.31. The number of anilines is 1. The third kappa shape index (κ3) is 6.36. The van der Waals surface area contributed by atoms with Crippen LogP contribution in [-0.2, 0) is 16.0 Å². The van der Waals surface area contributed by atoms with Gasteiger partial charge in [-0.15, -0.1) is 0 Å². The van der Waals surface area contributed by atoms with Crippen LogP contribution >= 0.6 is 0 Å². The zero-order valence-electron chi connectivity index (χ0n) is 17.6. The first kappa shape index (κ1) is 23.4. The molecule has 1 aromatic heterocycles. The van der Waals surface area contributed by atoms with Crippen LogP contribution < -0.4 is 9.64 Å². The maximum atomic E-state index is 12.3. The molecule has 3 rings (SSSR count). The topological polar surface area (TPSA) is 85.0 Å². The Kier molecular flexibility index (Phi) is 7.24. The van der Waals surface area contributed by atoms with Crippen molar-refractivity contribution in [3.05, 3.63) is 53.6 Å². The van der Waals surface area contributed by atoms with Crippen LogP contribution in [0.5, 0.6) is 5.75 Å². The number of ether oxygens (including phenoxy) is 2. The van der Waals surface area contributed by atoms with Gasteiger partial charge in [-0.3, -0.25) is 0 Å². The van der Waals surface area contributed by atoms with Crippen LogP contribution in [0.3, 0.4) is 0 Å². The number of carboxylic acid groups (broad SMARTS) is 1. The highest BCUT2D eigenvalue weighted by Gasteiger charge is 2.31. The van der Waals surface area contributed by atoms with E-state index in [0.29, 0.717) is 36.1 Å². The third-order valence-electron chi connectivity index (χ3n) is 4.68. The highest BCUT2D eigenvalue weighted by Crippen LogP contribution is 2.23. The Bertz CT molecular complexity index is 1030. The van der Waals surface area contributed by atoms with E-state index in [4.69, 9.17) is 14.3 Å². The van der Waals surface area contributed by atoms with Gasteiger partial charge in [0.25, 0.3) is 6.01 Å². The molecular formula is C22H23F3N2O5. The molecule has 0 fully saturated rings. The maximum Gasteiger partial charge on any atom is 0.411 e. The number of hydrogen-bond acceptors (Lipinski definition) is 6. The number of carboxylic acids is 1. The molecule has 1 N–H and O–H groups in total. The Morgan fingerprint density at radius 3 is 2.66 bits per heavy atom. The number of benzene rings is 2. The lowest BCUT2D eigenvalue weighted by atomic mass is 10.0. The van der Waals surface area contributed by atoms with Crippen molar-refractivity contribution >= 4 is 23.1 Å². The normalized spacial score (nSPS) is 12.7. The molecule has 7 nitrogen and oxygen atoms in total. The molecule has 0 aliphatic heterocycles. The lowest BCUT2D eigenvalue weighted by Gasteiger charge is -2.17. The van der Waals surface area contributed by atoms with Crippen LogP contribution in [-0.4, -0.2) is 55.1 Å². The predicted octanol–water partition coefficient (Wildman–Crippen LogP) is 4.23. The summed E-state index contributed by atoms with van der Waals surface area (Å²) in [4.78, 5) is 17.4. The van der Waals surface area contributed by atoms with Gasteiger partial charge in [-0.1, -0.05) is 24.3 Å². The predicted molar refractivity (Wildman–Crippen MR) is 111 cm³/mol. The van der Waals surface area contributed by atoms with Crippen LogP contribution in [0.1, 0.15) is 11.1 Å². The van der Waals surface area contributed by atoms with Crippen LogP contribution in [0.4, 0.5) is 19.2 Å². The molecule has 0 radical (unpaired) electrons. The Morgan fingerprint density at radius 2 is 2.00 bits per heavy atom. The molecule has 172 valence electrons. The summed E-state index contributed by atoms with van der Waals surface area (Å²) in [6, 6.07) is 12.9. The van der Waals surface area contributed by atoms with Gasteiger partial charge in [0.05, 0.1) is 6.54 Å². The van der Waals surface area contributed by atoms with E-state index in [1.165, 1.54) is 0 Å². The zero-order valence-corrected chi connectivity index (χ0v) is 17.6. The zero-order chi connectivity index (χ0) is 23.3. The molecule has 0 unspecified atom stereocenters. The third-order valence-corrected chi connectivity index (χ3v) is 4.68. The minimum atomic E-state index is -4.59. The summed E-state index contributed by atoms with van der Waals surface area (Å²) >= 11 is 0. The monoisotopic (exact) mass is 452 g/mol. The Labute approximate surface area is 182 Å². The quantitative estimate of drug-likeness (QED) is 0.493. The first-order valence-electron chi connectivity index (χ1n) is 9.82. The highest BCUT2D eigenvalue weighted by atomic mass is 19.4. The number of fused-ring (bicyclic) bond motifs is 1. The van der Waals surface area contributed by atoms with Crippen molar-refractivity contribution in [3.8, 4) is 5.75 Å². The molecule has 2 aromatic carbocycles. The summed E-state index contributed by atoms with van der Waals surface area (Å²) in [6.07, 6.45) is -6.37. The standard InChI is InChI=1S/C22H23F3N2O5/c1-14-11-15(12-19(20(28)29)31-13-22(23,24)25)7-8-17(14)30-10-9-27(2)21-26-16-5-3-4-6-18(16)32-21/h3-8,11,19H,9-10,12-13H2,1-2H3,(H,28,29)/t19-/m0/s1. The number of rotatable bonds is 10. The highest BCUT2D eigenvalue weighted by molar-refractivity contribution is 5.74. The molecule has 32 heavy (non-hydrogen) atoms. The van der Waals surface area contributed by atoms with Crippen LogP contribution in [0.2, 0.25) is 0 Å². The first-order valence-corrected chi connectivity index (χ1v) is 9.82. The fourth-order valence-corrected chi connectivity index (χ4v) is 3.04. The van der Waals surface area contributed by atoms with E-state index in [2.05, 4.69) is 9.72 Å². The first-order chi connectivity index (χ1) is 15.1. The molecule has 0 aliphatic carbocycles. The van der Waals surface area contributed by atoms with E-state index in [-0.39, 0.29) is 6.42 Å². The second-order valence-corrected chi connectivity index (χ2v) is 7.29. The molecule has 0 saturated carbocycles. The fourth-order valence-electron chi connectivity index (χ4n) is 3.04. The lowest BCUT2D eigenvalue weighted by molar-refractivity contribution is -0.192. The van der Waals surface area contributed by atoms with Gasteiger partial charge in [0.15, 0.2) is 11.7 Å². The number of aromatic nitrogens is 1. The van der Waals surface area contributed by atoms with Crippen molar-refractivity contribution in [1.82, 2.24) is 4.98 Å². The van der Waals surface area contributed by atoms with E-state index in [1.807, 2.05) is 36.2 Å². The second-order valence-electron chi connectivity index (χ2n) is 7.29. The molecule has 1 atom stereocenters. The number of para-hydroxylation sites is 2. The SMILES string of the molecule is Cc1cc(C[C@H](OCC(F)(F)F)C(=O)O)ccc1OCCN(C)c1nc2ccccc2o1. The molecule has 1 heterocycles. The van der Waals surface area contributed by atoms with E-state index >= 15 is 0 Å². The van der Waals surface area contributed by atoms with E-state index in [0.717, 1.165) is 11.1 Å². The minimum absolute atomic E-state index is 0.188. The van der Waals surface area contributed by atoms with E-state index < -0.39 is 24.9 Å². The number of hydrogen-bond donors (Lipinski definition) is 1. The number of alkyl halides is 3. The smallest absolute Gasteiger partial charge is 0.411 e. The minimum Gasteiger partial charge on any atom is -0.491 e. The molecule has 3 aromatic rings. The van der Waals surface area contributed by atoms with Crippen LogP contribution in [0.25, 0.3) is 11.1 Å². The van der Waals surface area contributed by atoms with Crippen molar-refractivity contribution in [2.24, 2.45) is 0 Å². The largest absolute Gasteiger partial charge is 0.491 e. The number of halogens is 3. The summed E-state index contributed by atoms with van der Waals surface area (Å²) in [5.41, 5.74) is 2.72. The summed E-state index contributed by atoms with van der Waals surface area (Å²) in [7, 11) is 1.83. The molecule has 0 saturated heterocycles. The van der Waals surface area contributed by atoms with Crippen molar-refractivity contribution < 1.29 is 37.0 Å². The summed E-state index contributed by atoms with van der Waals surface area (Å²) in [6.45, 7) is 0.996. The van der Waals surface area contributed by atoms with Gasteiger partial charge >= 0.3 is 12.1 Å². The number of carbonyl (C=O) groups is 1. The average Bonchev–Trinajstić information content (AvgIpc) is 3.16. The Morgan fingerprint density at radius 1 is 1.25 bits per heavy atom. The van der Waals surface area contributed by atoms with Crippen molar-refractivity contribution in [3.63, 3.8) is 0 Å². The van der Waals surface area contributed by atoms with Gasteiger partial charge in [-0.2, -0.15) is 18.2 Å². The van der Waals surface area contributed by atoms with E-state index in [9.17, 15) is 18.0 Å². The second kappa shape index (κ2) is 9.90. The van der Waals surface area contributed by atoms with E-state index in [1.54, 1.807) is 25.1 Å². The fraction of sp³-hybridized carbons (Fsp3) is 0.364. The maximum absolute atomic E-state index is 12.3. The summed E-state index contributed by atoms with van der Waals surface area (Å²) < 4.78 is 53.0. The molecule has 0 spiro atoms.